The molecule has 84 valence electrons. The fraction of sp³-hybridized carbons (Fsp3) is 0.545. The molecule has 2 unspecified atom stereocenters. The predicted molar refractivity (Wildman–Crippen MR) is 60.3 cm³/mol. The minimum absolute atomic E-state index is 0.0172. The van der Waals surface area contributed by atoms with E-state index in [1.807, 2.05) is 37.1 Å². The Labute approximate surface area is 90.7 Å². The molecular weight excluding hydrogens is 190 g/mol. The Hall–Kier alpha value is -0.970. The van der Waals surface area contributed by atoms with E-state index >= 15 is 0 Å². The number of aliphatic hydroxyl groups excluding tert-OH is 1. The van der Waals surface area contributed by atoms with Crippen LogP contribution in [0, 0.1) is 0 Å². The maximum atomic E-state index is 8.91. The fourth-order valence-corrected chi connectivity index (χ4v) is 1.74. The van der Waals surface area contributed by atoms with Gasteiger partial charge in [0, 0.05) is 18.8 Å². The molecular formula is C11H19N3O. The van der Waals surface area contributed by atoms with E-state index in [2.05, 4.69) is 4.98 Å². The second-order valence-electron chi connectivity index (χ2n) is 3.76. The first-order valence-electron chi connectivity index (χ1n) is 5.14. The number of hydrogen-bond acceptors (Lipinski definition) is 4. The lowest BCUT2D eigenvalue weighted by atomic mass is 10.1. The van der Waals surface area contributed by atoms with Crippen molar-refractivity contribution in [2.24, 2.45) is 5.73 Å². The van der Waals surface area contributed by atoms with Gasteiger partial charge in [0.05, 0.1) is 18.3 Å². The molecule has 0 aliphatic heterocycles. The number of likely N-dealkylation sites (N-methyl/N-ethyl adjacent to an activating group) is 1. The van der Waals surface area contributed by atoms with Crippen LogP contribution in [-0.4, -0.2) is 41.2 Å². The van der Waals surface area contributed by atoms with Gasteiger partial charge in [0.2, 0.25) is 0 Å². The Morgan fingerprint density at radius 2 is 2.27 bits per heavy atom. The lowest BCUT2D eigenvalue weighted by molar-refractivity contribution is 0.164. The highest BCUT2D eigenvalue weighted by Gasteiger charge is 2.21. The molecule has 0 aliphatic carbocycles. The van der Waals surface area contributed by atoms with Crippen molar-refractivity contribution in [2.75, 3.05) is 20.2 Å². The Balaban J connectivity index is 2.83. The lowest BCUT2D eigenvalue weighted by Gasteiger charge is -2.29. The molecule has 1 aromatic heterocycles. The van der Waals surface area contributed by atoms with Crippen LogP contribution < -0.4 is 5.73 Å². The Kier molecular flexibility index (Phi) is 4.68. The monoisotopic (exact) mass is 209 g/mol. The van der Waals surface area contributed by atoms with Crippen molar-refractivity contribution in [3.63, 3.8) is 0 Å². The molecule has 1 rings (SSSR count). The number of aliphatic hydroxyl groups is 1. The van der Waals surface area contributed by atoms with Gasteiger partial charge in [-0.05, 0) is 26.1 Å². The fourth-order valence-electron chi connectivity index (χ4n) is 1.74. The Bertz CT molecular complexity index is 276. The zero-order chi connectivity index (χ0) is 11.3. The molecule has 3 N–H and O–H groups in total. The summed E-state index contributed by atoms with van der Waals surface area (Å²) in [5, 5.41) is 8.91. The van der Waals surface area contributed by atoms with Gasteiger partial charge in [0.1, 0.15) is 0 Å². The molecule has 0 aromatic carbocycles. The summed E-state index contributed by atoms with van der Waals surface area (Å²) in [5.41, 5.74) is 6.88. The van der Waals surface area contributed by atoms with Crippen LogP contribution in [-0.2, 0) is 0 Å². The zero-order valence-corrected chi connectivity index (χ0v) is 9.30. The molecule has 0 saturated heterocycles. The van der Waals surface area contributed by atoms with Gasteiger partial charge in [-0.25, -0.2) is 0 Å². The van der Waals surface area contributed by atoms with Crippen LogP contribution in [0.3, 0.4) is 0 Å². The van der Waals surface area contributed by atoms with E-state index in [1.54, 1.807) is 6.20 Å². The summed E-state index contributed by atoms with van der Waals surface area (Å²) in [5.74, 6) is 0. The highest BCUT2D eigenvalue weighted by atomic mass is 16.3. The Morgan fingerprint density at radius 1 is 1.53 bits per heavy atom. The van der Waals surface area contributed by atoms with E-state index in [9.17, 15) is 0 Å². The minimum atomic E-state index is -0.0172. The number of nitrogens with zero attached hydrogens (tertiary/aromatic N) is 2. The predicted octanol–water partition coefficient (Wildman–Crippen LogP) is 0.394. The Morgan fingerprint density at radius 3 is 2.73 bits per heavy atom. The molecule has 1 aromatic rings. The van der Waals surface area contributed by atoms with Crippen molar-refractivity contribution in [1.29, 1.82) is 0 Å². The molecule has 15 heavy (non-hydrogen) atoms. The topological polar surface area (TPSA) is 62.4 Å². The summed E-state index contributed by atoms with van der Waals surface area (Å²) in [6, 6.07) is 5.83. The van der Waals surface area contributed by atoms with Gasteiger partial charge in [-0.15, -0.1) is 0 Å². The van der Waals surface area contributed by atoms with E-state index < -0.39 is 0 Å². The first kappa shape index (κ1) is 12.1. The van der Waals surface area contributed by atoms with E-state index in [-0.39, 0.29) is 18.7 Å². The van der Waals surface area contributed by atoms with Gasteiger partial charge in [0.25, 0.3) is 0 Å². The molecule has 0 bridgehead atoms. The van der Waals surface area contributed by atoms with Crippen LogP contribution in [0.25, 0.3) is 0 Å². The molecule has 1 heterocycles. The first-order chi connectivity index (χ1) is 7.16. The third kappa shape index (κ3) is 3.27. The van der Waals surface area contributed by atoms with Gasteiger partial charge in [-0.1, -0.05) is 6.07 Å². The van der Waals surface area contributed by atoms with Gasteiger partial charge in [0.15, 0.2) is 0 Å². The third-order valence-electron chi connectivity index (χ3n) is 2.42. The summed E-state index contributed by atoms with van der Waals surface area (Å²) in [7, 11) is 1.94. The second kappa shape index (κ2) is 5.80. The van der Waals surface area contributed by atoms with Crippen molar-refractivity contribution in [3.05, 3.63) is 30.1 Å². The lowest BCUT2D eigenvalue weighted by Crippen LogP contribution is -2.39. The van der Waals surface area contributed by atoms with Crippen molar-refractivity contribution in [2.45, 2.75) is 19.0 Å². The van der Waals surface area contributed by atoms with Crippen molar-refractivity contribution in [3.8, 4) is 0 Å². The number of pyridine rings is 1. The number of aromatic nitrogens is 1. The summed E-state index contributed by atoms with van der Waals surface area (Å²) in [6.07, 6.45) is 1.76. The number of nitrogens with two attached hydrogens (primary N) is 1. The third-order valence-corrected chi connectivity index (χ3v) is 2.42. The van der Waals surface area contributed by atoms with Crippen LogP contribution in [0.5, 0.6) is 0 Å². The standard InChI is InChI=1S/C11H19N3O/c1-9(12)11(14(2)7-8-15)10-5-3-4-6-13-10/h3-6,9,11,15H,7-8,12H2,1-2H3. The summed E-state index contributed by atoms with van der Waals surface area (Å²) < 4.78 is 0. The summed E-state index contributed by atoms with van der Waals surface area (Å²) in [6.45, 7) is 2.68. The average Bonchev–Trinajstić information content (AvgIpc) is 2.19. The summed E-state index contributed by atoms with van der Waals surface area (Å²) in [4.78, 5) is 6.32. The minimum Gasteiger partial charge on any atom is -0.395 e. The molecule has 4 heteroatoms. The van der Waals surface area contributed by atoms with Crippen LogP contribution >= 0.6 is 0 Å². The smallest absolute Gasteiger partial charge is 0.0669 e. The van der Waals surface area contributed by atoms with Crippen molar-refractivity contribution < 1.29 is 5.11 Å². The van der Waals surface area contributed by atoms with Crippen LogP contribution in [0.15, 0.2) is 24.4 Å². The van der Waals surface area contributed by atoms with Crippen molar-refractivity contribution in [1.82, 2.24) is 9.88 Å². The zero-order valence-electron chi connectivity index (χ0n) is 9.30. The number of rotatable bonds is 5. The largest absolute Gasteiger partial charge is 0.395 e. The number of hydrogen-bond donors (Lipinski definition) is 2. The van der Waals surface area contributed by atoms with Gasteiger partial charge in [-0.3, -0.25) is 9.88 Å². The average molecular weight is 209 g/mol. The van der Waals surface area contributed by atoms with Crippen LogP contribution in [0.2, 0.25) is 0 Å². The summed E-state index contributed by atoms with van der Waals surface area (Å²) >= 11 is 0. The maximum absolute atomic E-state index is 8.91. The molecule has 0 amide bonds. The van der Waals surface area contributed by atoms with E-state index in [0.717, 1.165) is 5.69 Å². The molecule has 4 nitrogen and oxygen atoms in total. The molecule has 0 fully saturated rings. The van der Waals surface area contributed by atoms with Gasteiger partial charge in [-0.2, -0.15) is 0 Å². The normalized spacial score (nSPS) is 15.3. The quantitative estimate of drug-likeness (QED) is 0.736. The van der Waals surface area contributed by atoms with Crippen molar-refractivity contribution >= 4 is 0 Å². The molecule has 0 saturated carbocycles. The van der Waals surface area contributed by atoms with E-state index in [1.165, 1.54) is 0 Å². The van der Waals surface area contributed by atoms with E-state index in [0.29, 0.717) is 6.54 Å². The highest BCUT2D eigenvalue weighted by Crippen LogP contribution is 2.19. The molecule has 2 atom stereocenters. The SMILES string of the molecule is CC(N)C(c1ccccn1)N(C)CCO. The molecule has 0 radical (unpaired) electrons. The second-order valence-corrected chi connectivity index (χ2v) is 3.76. The van der Waals surface area contributed by atoms with Crippen LogP contribution in [0.1, 0.15) is 18.7 Å². The molecule has 0 aliphatic rings. The first-order valence-corrected chi connectivity index (χ1v) is 5.14. The molecule has 0 spiro atoms. The van der Waals surface area contributed by atoms with Crippen LogP contribution in [0.4, 0.5) is 0 Å². The maximum Gasteiger partial charge on any atom is 0.0669 e. The van der Waals surface area contributed by atoms with Gasteiger partial charge < -0.3 is 10.8 Å². The van der Waals surface area contributed by atoms with E-state index in [4.69, 9.17) is 10.8 Å². The highest BCUT2D eigenvalue weighted by molar-refractivity contribution is 5.10. The van der Waals surface area contributed by atoms with Gasteiger partial charge >= 0.3 is 0 Å².